The van der Waals surface area contributed by atoms with Gasteiger partial charge in [-0.1, -0.05) is 13.8 Å². The molecule has 140 valence electrons. The summed E-state index contributed by atoms with van der Waals surface area (Å²) in [7, 11) is -3.60. The minimum Gasteiger partial charge on any atom is -0.486 e. The Hall–Kier alpha value is -1.80. The quantitative estimate of drug-likeness (QED) is 0.744. The fraction of sp³-hybridized carbons (Fsp3) is 0.588. The summed E-state index contributed by atoms with van der Waals surface area (Å²) in [4.78, 5) is 12.3. The van der Waals surface area contributed by atoms with Crippen LogP contribution in [-0.4, -0.2) is 45.4 Å². The molecule has 25 heavy (non-hydrogen) atoms. The van der Waals surface area contributed by atoms with Gasteiger partial charge in [-0.25, -0.2) is 8.42 Å². The molecule has 0 fully saturated rings. The molecule has 8 heteroatoms. The van der Waals surface area contributed by atoms with Crippen molar-refractivity contribution in [1.82, 2.24) is 5.32 Å². The van der Waals surface area contributed by atoms with Crippen molar-refractivity contribution in [3.63, 3.8) is 0 Å². The van der Waals surface area contributed by atoms with E-state index in [0.29, 0.717) is 24.7 Å². The number of benzene rings is 1. The van der Waals surface area contributed by atoms with Crippen LogP contribution in [0.4, 0.5) is 0 Å². The van der Waals surface area contributed by atoms with E-state index in [0.717, 1.165) is 0 Å². The topological polar surface area (TPSA) is 108 Å². The molecule has 1 heterocycles. The van der Waals surface area contributed by atoms with Crippen molar-refractivity contribution in [2.75, 3.05) is 25.5 Å². The lowest BCUT2D eigenvalue weighted by atomic mass is 9.88. The summed E-state index contributed by atoms with van der Waals surface area (Å²) in [6.07, 6.45) is -0.126. The number of hydrogen-bond donors (Lipinski definition) is 2. The number of nitrogens with two attached hydrogens (primary N) is 1. The lowest BCUT2D eigenvalue weighted by molar-refractivity contribution is -0.122. The highest BCUT2D eigenvalue weighted by Gasteiger charge is 2.29. The van der Waals surface area contributed by atoms with Crippen LogP contribution in [0.5, 0.6) is 11.5 Å². The monoisotopic (exact) mass is 370 g/mol. The SMILES string of the molecule is CC(C)C(C)(CN)NC(=O)CCS(=O)(=O)c1ccc2c(c1)OCCO2. The molecule has 1 amide bonds. The van der Waals surface area contributed by atoms with Gasteiger partial charge in [0.2, 0.25) is 5.91 Å². The average Bonchev–Trinajstić information content (AvgIpc) is 2.59. The van der Waals surface area contributed by atoms with Gasteiger partial charge in [0.25, 0.3) is 0 Å². The van der Waals surface area contributed by atoms with E-state index < -0.39 is 15.4 Å². The zero-order valence-electron chi connectivity index (χ0n) is 14.9. The van der Waals surface area contributed by atoms with Crippen molar-refractivity contribution in [3.8, 4) is 11.5 Å². The molecule has 0 radical (unpaired) electrons. The normalized spacial score (nSPS) is 16.4. The molecule has 0 spiro atoms. The van der Waals surface area contributed by atoms with E-state index in [9.17, 15) is 13.2 Å². The van der Waals surface area contributed by atoms with Crippen molar-refractivity contribution in [2.24, 2.45) is 11.7 Å². The van der Waals surface area contributed by atoms with Gasteiger partial charge in [0.05, 0.1) is 16.2 Å². The number of hydrogen-bond acceptors (Lipinski definition) is 6. The first-order chi connectivity index (χ1) is 11.7. The highest BCUT2D eigenvalue weighted by Crippen LogP contribution is 2.32. The summed E-state index contributed by atoms with van der Waals surface area (Å²) >= 11 is 0. The highest BCUT2D eigenvalue weighted by atomic mass is 32.2. The number of ether oxygens (including phenoxy) is 2. The van der Waals surface area contributed by atoms with Crippen LogP contribution in [0.1, 0.15) is 27.2 Å². The smallest absolute Gasteiger partial charge is 0.221 e. The molecule has 2 rings (SSSR count). The summed E-state index contributed by atoms with van der Waals surface area (Å²) in [6.45, 7) is 6.87. The van der Waals surface area contributed by atoms with Crippen LogP contribution < -0.4 is 20.5 Å². The molecule has 7 nitrogen and oxygen atoms in total. The summed E-state index contributed by atoms with van der Waals surface area (Å²) in [6, 6.07) is 4.49. The van der Waals surface area contributed by atoms with Crippen molar-refractivity contribution in [2.45, 2.75) is 37.6 Å². The minimum atomic E-state index is -3.60. The van der Waals surface area contributed by atoms with Crippen molar-refractivity contribution in [1.29, 1.82) is 0 Å². The van der Waals surface area contributed by atoms with Gasteiger partial charge >= 0.3 is 0 Å². The molecule has 0 saturated heterocycles. The van der Waals surface area contributed by atoms with E-state index in [4.69, 9.17) is 15.2 Å². The zero-order chi connectivity index (χ0) is 18.7. The van der Waals surface area contributed by atoms with Gasteiger partial charge in [0, 0.05) is 19.0 Å². The molecule has 0 bridgehead atoms. The number of carbonyl (C=O) groups excluding carboxylic acids is 1. The standard InChI is InChI=1S/C17H26N2O5S/c1-12(2)17(3,11-18)19-16(20)6-9-25(21,22)13-4-5-14-15(10-13)24-8-7-23-14/h4-5,10,12H,6-9,11,18H2,1-3H3,(H,19,20). The maximum absolute atomic E-state index is 12.5. The van der Waals surface area contributed by atoms with Gasteiger partial charge in [0.15, 0.2) is 21.3 Å². The molecule has 1 aliphatic heterocycles. The lowest BCUT2D eigenvalue weighted by Crippen LogP contribution is -2.55. The maximum atomic E-state index is 12.5. The maximum Gasteiger partial charge on any atom is 0.221 e. The van der Waals surface area contributed by atoms with Crippen LogP contribution >= 0.6 is 0 Å². The zero-order valence-corrected chi connectivity index (χ0v) is 15.7. The van der Waals surface area contributed by atoms with Crippen LogP contribution in [0.2, 0.25) is 0 Å². The molecule has 1 atom stereocenters. The number of nitrogens with one attached hydrogen (secondary N) is 1. The summed E-state index contributed by atoms with van der Waals surface area (Å²) in [5.41, 5.74) is 5.18. The molecule has 0 aromatic heterocycles. The fourth-order valence-corrected chi connectivity index (χ4v) is 3.63. The van der Waals surface area contributed by atoms with Gasteiger partial charge in [-0.2, -0.15) is 0 Å². The fourth-order valence-electron chi connectivity index (χ4n) is 2.37. The second-order valence-corrected chi connectivity index (χ2v) is 8.81. The van der Waals surface area contributed by atoms with Gasteiger partial charge in [-0.15, -0.1) is 0 Å². The van der Waals surface area contributed by atoms with E-state index in [1.807, 2.05) is 20.8 Å². The molecular weight excluding hydrogens is 344 g/mol. The predicted octanol–water partition coefficient (Wildman–Crippen LogP) is 1.11. The van der Waals surface area contributed by atoms with Crippen LogP contribution in [0.25, 0.3) is 0 Å². The highest BCUT2D eigenvalue weighted by molar-refractivity contribution is 7.91. The molecule has 0 saturated carbocycles. The van der Waals surface area contributed by atoms with E-state index in [-0.39, 0.29) is 35.4 Å². The second-order valence-electron chi connectivity index (χ2n) is 6.70. The van der Waals surface area contributed by atoms with Gasteiger partial charge in [0.1, 0.15) is 13.2 Å². The van der Waals surface area contributed by atoms with Crippen molar-refractivity contribution < 1.29 is 22.7 Å². The van der Waals surface area contributed by atoms with Crippen LogP contribution in [0, 0.1) is 5.92 Å². The average molecular weight is 370 g/mol. The molecule has 3 N–H and O–H groups in total. The summed E-state index contributed by atoms with van der Waals surface area (Å²) in [5.74, 6) is 0.460. The van der Waals surface area contributed by atoms with E-state index in [1.165, 1.54) is 12.1 Å². The second kappa shape index (κ2) is 7.61. The Morgan fingerprint density at radius 1 is 1.28 bits per heavy atom. The number of carbonyl (C=O) groups is 1. The Morgan fingerprint density at radius 2 is 1.92 bits per heavy atom. The third-order valence-electron chi connectivity index (χ3n) is 4.59. The largest absolute Gasteiger partial charge is 0.486 e. The van der Waals surface area contributed by atoms with E-state index >= 15 is 0 Å². The van der Waals surface area contributed by atoms with Gasteiger partial charge in [-0.05, 0) is 25.0 Å². The van der Waals surface area contributed by atoms with Crippen LogP contribution in [0.3, 0.4) is 0 Å². The first-order valence-corrected chi connectivity index (χ1v) is 9.96. The molecule has 0 aliphatic carbocycles. The first-order valence-electron chi connectivity index (χ1n) is 8.31. The Morgan fingerprint density at radius 3 is 2.52 bits per heavy atom. The predicted molar refractivity (Wildman–Crippen MR) is 94.5 cm³/mol. The molecule has 1 aliphatic rings. The first kappa shape index (κ1) is 19.5. The summed E-state index contributed by atoms with van der Waals surface area (Å²) in [5, 5.41) is 2.84. The third kappa shape index (κ3) is 4.64. The number of amides is 1. The molecule has 1 aromatic rings. The van der Waals surface area contributed by atoms with Crippen molar-refractivity contribution >= 4 is 15.7 Å². The van der Waals surface area contributed by atoms with Crippen LogP contribution in [-0.2, 0) is 14.6 Å². The Kier molecular flexibility index (Phi) is 5.95. The van der Waals surface area contributed by atoms with Gasteiger partial charge in [-0.3, -0.25) is 4.79 Å². The minimum absolute atomic E-state index is 0.120. The third-order valence-corrected chi connectivity index (χ3v) is 6.31. The Bertz CT molecular complexity index is 733. The lowest BCUT2D eigenvalue weighted by Gasteiger charge is -2.33. The molecular formula is C17H26N2O5S. The number of rotatable bonds is 7. The number of fused-ring (bicyclic) bond motifs is 1. The molecule has 1 aromatic carbocycles. The Labute approximate surface area is 148 Å². The number of sulfone groups is 1. The van der Waals surface area contributed by atoms with E-state index in [2.05, 4.69) is 5.32 Å². The molecule has 1 unspecified atom stereocenters. The summed E-state index contributed by atoms with van der Waals surface area (Å²) < 4.78 is 35.8. The van der Waals surface area contributed by atoms with Crippen LogP contribution in [0.15, 0.2) is 23.1 Å². The van der Waals surface area contributed by atoms with Gasteiger partial charge < -0.3 is 20.5 Å². The Balaban J connectivity index is 2.03. The van der Waals surface area contributed by atoms with E-state index in [1.54, 1.807) is 6.07 Å². The van der Waals surface area contributed by atoms with Crippen molar-refractivity contribution in [3.05, 3.63) is 18.2 Å².